The van der Waals surface area contributed by atoms with Crippen molar-refractivity contribution in [2.75, 3.05) is 13.2 Å². The Hall–Kier alpha value is -0.200. The van der Waals surface area contributed by atoms with Gasteiger partial charge >= 0.3 is 0 Å². The minimum atomic E-state index is -1.02. The summed E-state index contributed by atoms with van der Waals surface area (Å²) in [6.07, 6.45) is -3.24. The third-order valence-corrected chi connectivity index (χ3v) is 1.87. The molecule has 1 aliphatic rings. The highest BCUT2D eigenvalue weighted by atomic mass is 16.6. The van der Waals surface area contributed by atoms with Crippen molar-refractivity contribution in [3.05, 3.63) is 0 Å². The van der Waals surface area contributed by atoms with Crippen molar-refractivity contribution in [1.29, 1.82) is 0 Å². The van der Waals surface area contributed by atoms with Gasteiger partial charge in [-0.05, 0) is 0 Å². The van der Waals surface area contributed by atoms with E-state index in [-0.39, 0.29) is 13.2 Å². The molecule has 1 aliphatic heterocycles. The fourth-order valence-corrected chi connectivity index (χ4v) is 1.17. The highest BCUT2D eigenvalue weighted by molar-refractivity contribution is 4.90. The molecule has 4 atom stereocenters. The van der Waals surface area contributed by atoms with E-state index in [1.165, 1.54) is 0 Å². The van der Waals surface area contributed by atoms with Crippen molar-refractivity contribution in [2.45, 2.75) is 24.4 Å². The monoisotopic (exact) mass is 163 g/mol. The third-order valence-electron chi connectivity index (χ3n) is 1.87. The normalized spacial score (nSPS) is 44.7. The summed E-state index contributed by atoms with van der Waals surface area (Å²) in [6, 6.07) is 0. The molecule has 1 unspecified atom stereocenters. The van der Waals surface area contributed by atoms with Crippen LogP contribution in [-0.2, 0) is 4.74 Å². The maximum Gasteiger partial charge on any atom is 0.111 e. The summed E-state index contributed by atoms with van der Waals surface area (Å²) in [5, 5.41) is 27.0. The number of hydrogen-bond donors (Lipinski definition) is 4. The molecule has 0 spiro atoms. The number of hydrogen-bond acceptors (Lipinski definition) is 5. The molecule has 0 aromatic carbocycles. The predicted octanol–water partition coefficient (Wildman–Crippen LogP) is -2.57. The predicted molar refractivity (Wildman–Crippen MR) is 36.8 cm³/mol. The van der Waals surface area contributed by atoms with Crippen molar-refractivity contribution in [3.8, 4) is 0 Å². The molecule has 1 rings (SSSR count). The van der Waals surface area contributed by atoms with Crippen molar-refractivity contribution in [2.24, 2.45) is 5.73 Å². The fourth-order valence-electron chi connectivity index (χ4n) is 1.17. The second kappa shape index (κ2) is 3.46. The Morgan fingerprint density at radius 2 is 1.73 bits per heavy atom. The average molecular weight is 163 g/mol. The second-order valence-corrected chi connectivity index (χ2v) is 2.61. The number of aliphatic hydroxyl groups is 3. The summed E-state index contributed by atoms with van der Waals surface area (Å²) in [5.74, 6) is 0. The van der Waals surface area contributed by atoms with Crippen LogP contribution in [0.25, 0.3) is 0 Å². The van der Waals surface area contributed by atoms with E-state index >= 15 is 0 Å². The molecule has 66 valence electrons. The van der Waals surface area contributed by atoms with E-state index in [0.29, 0.717) is 0 Å². The van der Waals surface area contributed by atoms with Crippen LogP contribution in [0, 0.1) is 0 Å². The van der Waals surface area contributed by atoms with E-state index in [2.05, 4.69) is 0 Å². The van der Waals surface area contributed by atoms with E-state index in [1.807, 2.05) is 0 Å². The van der Waals surface area contributed by atoms with Crippen molar-refractivity contribution in [1.82, 2.24) is 0 Å². The Morgan fingerprint density at radius 3 is 2.00 bits per heavy atom. The first-order chi connectivity index (χ1) is 5.20. The smallest absolute Gasteiger partial charge is 0.111 e. The largest absolute Gasteiger partial charge is 0.394 e. The van der Waals surface area contributed by atoms with E-state index < -0.39 is 24.4 Å². The van der Waals surface area contributed by atoms with Gasteiger partial charge in [-0.15, -0.1) is 0 Å². The highest BCUT2D eigenvalue weighted by Gasteiger charge is 2.41. The van der Waals surface area contributed by atoms with E-state index in [1.54, 1.807) is 0 Å². The summed E-state index contributed by atoms with van der Waals surface area (Å²) in [7, 11) is 0. The van der Waals surface area contributed by atoms with Crippen molar-refractivity contribution in [3.63, 3.8) is 0 Å². The van der Waals surface area contributed by atoms with Gasteiger partial charge in [-0.1, -0.05) is 0 Å². The van der Waals surface area contributed by atoms with Gasteiger partial charge in [0.2, 0.25) is 0 Å². The SMILES string of the molecule is NC[C@H]1O[C@H](CO)C(O)[C@H]1O. The lowest BCUT2D eigenvalue weighted by atomic mass is 10.1. The van der Waals surface area contributed by atoms with Crippen LogP contribution in [0.2, 0.25) is 0 Å². The van der Waals surface area contributed by atoms with E-state index in [9.17, 15) is 5.11 Å². The van der Waals surface area contributed by atoms with Gasteiger partial charge in [-0.3, -0.25) is 0 Å². The second-order valence-electron chi connectivity index (χ2n) is 2.61. The lowest BCUT2D eigenvalue weighted by Gasteiger charge is -2.11. The van der Waals surface area contributed by atoms with Crippen LogP contribution in [0.4, 0.5) is 0 Å². The van der Waals surface area contributed by atoms with Gasteiger partial charge in [0.15, 0.2) is 0 Å². The van der Waals surface area contributed by atoms with Gasteiger partial charge in [-0.2, -0.15) is 0 Å². The lowest BCUT2D eigenvalue weighted by molar-refractivity contribution is -0.0193. The maximum atomic E-state index is 9.19. The minimum Gasteiger partial charge on any atom is -0.394 e. The molecule has 0 aromatic rings. The Bertz CT molecular complexity index is 114. The Balaban J connectivity index is 2.53. The Morgan fingerprint density at radius 1 is 1.18 bits per heavy atom. The Kier molecular flexibility index (Phi) is 2.80. The van der Waals surface area contributed by atoms with Crippen molar-refractivity contribution >= 4 is 0 Å². The van der Waals surface area contributed by atoms with Crippen LogP contribution < -0.4 is 5.73 Å². The van der Waals surface area contributed by atoms with E-state index in [0.717, 1.165) is 0 Å². The maximum absolute atomic E-state index is 9.19. The number of nitrogens with two attached hydrogens (primary N) is 1. The molecule has 1 heterocycles. The summed E-state index contributed by atoms with van der Waals surface area (Å²) in [4.78, 5) is 0. The van der Waals surface area contributed by atoms with Crippen molar-refractivity contribution < 1.29 is 20.1 Å². The zero-order chi connectivity index (χ0) is 8.43. The molecule has 5 nitrogen and oxygen atoms in total. The molecule has 0 aliphatic carbocycles. The fraction of sp³-hybridized carbons (Fsp3) is 1.00. The topological polar surface area (TPSA) is 95.9 Å². The van der Waals surface area contributed by atoms with Crippen LogP contribution in [0.1, 0.15) is 0 Å². The first-order valence-corrected chi connectivity index (χ1v) is 3.53. The van der Waals surface area contributed by atoms with Gasteiger partial charge in [0.05, 0.1) is 12.7 Å². The molecule has 0 radical (unpaired) electrons. The summed E-state index contributed by atoms with van der Waals surface area (Å²) >= 11 is 0. The summed E-state index contributed by atoms with van der Waals surface area (Å²) < 4.78 is 5.01. The molecule has 0 aromatic heterocycles. The molecule has 5 heteroatoms. The quantitative estimate of drug-likeness (QED) is 0.359. The van der Waals surface area contributed by atoms with Crippen LogP contribution in [0.3, 0.4) is 0 Å². The van der Waals surface area contributed by atoms with Crippen LogP contribution in [-0.4, -0.2) is 52.9 Å². The van der Waals surface area contributed by atoms with Gasteiger partial charge in [0.25, 0.3) is 0 Å². The minimum absolute atomic E-state index is 0.148. The molecule has 1 saturated heterocycles. The zero-order valence-electron chi connectivity index (χ0n) is 6.05. The molecule has 0 saturated carbocycles. The van der Waals surface area contributed by atoms with E-state index in [4.69, 9.17) is 20.7 Å². The average Bonchev–Trinajstić information content (AvgIpc) is 2.30. The molecule has 0 amide bonds. The van der Waals surface area contributed by atoms with Crippen LogP contribution in [0.15, 0.2) is 0 Å². The Labute approximate surface area is 64.4 Å². The highest BCUT2D eigenvalue weighted by Crippen LogP contribution is 2.19. The molecular weight excluding hydrogens is 150 g/mol. The first-order valence-electron chi connectivity index (χ1n) is 3.53. The van der Waals surface area contributed by atoms with Gasteiger partial charge in [0.1, 0.15) is 18.3 Å². The summed E-state index contributed by atoms with van der Waals surface area (Å²) in [5.41, 5.74) is 5.23. The standard InChI is InChI=1S/C6H13NO4/c7-1-3-5(9)6(10)4(2-8)11-3/h3-6,8-10H,1-2,7H2/t3-,4-,5+,6?/m1/s1. The lowest BCUT2D eigenvalue weighted by Crippen LogP contribution is -2.36. The number of rotatable bonds is 2. The van der Waals surface area contributed by atoms with Gasteiger partial charge < -0.3 is 25.8 Å². The number of aliphatic hydroxyl groups excluding tert-OH is 3. The van der Waals surface area contributed by atoms with Gasteiger partial charge in [0, 0.05) is 6.54 Å². The molecule has 5 N–H and O–H groups in total. The van der Waals surface area contributed by atoms with Crippen LogP contribution in [0.5, 0.6) is 0 Å². The zero-order valence-corrected chi connectivity index (χ0v) is 6.05. The molecular formula is C6H13NO4. The van der Waals surface area contributed by atoms with Gasteiger partial charge in [-0.25, -0.2) is 0 Å². The third kappa shape index (κ3) is 1.52. The number of ether oxygens (including phenoxy) is 1. The summed E-state index contributed by atoms with van der Waals surface area (Å²) in [6.45, 7) is -0.149. The first kappa shape index (κ1) is 8.89. The molecule has 1 fully saturated rings. The van der Waals surface area contributed by atoms with Crippen LogP contribution >= 0.6 is 0 Å². The molecule has 11 heavy (non-hydrogen) atoms. The molecule has 0 bridgehead atoms.